The maximum atomic E-state index is 13.6. The Hall–Kier alpha value is -3.00. The highest BCUT2D eigenvalue weighted by Gasteiger charge is 2.36. The molecule has 0 unspecified atom stereocenters. The SMILES string of the molecule is CC(C)[C@@H]1C(=O)Nc2ccc(S(=O)(=O)N3CCN(C(c4ccccc4)c4ccccc4)CC3)cc21. The van der Waals surface area contributed by atoms with E-state index in [4.69, 9.17) is 0 Å². The fourth-order valence-electron chi connectivity index (χ4n) is 5.32. The van der Waals surface area contributed by atoms with E-state index in [0.29, 0.717) is 31.9 Å². The minimum atomic E-state index is -3.66. The lowest BCUT2D eigenvalue weighted by Gasteiger charge is -2.39. The van der Waals surface area contributed by atoms with Crippen molar-refractivity contribution in [3.05, 3.63) is 95.6 Å². The van der Waals surface area contributed by atoms with Crippen LogP contribution in [0.4, 0.5) is 5.69 Å². The summed E-state index contributed by atoms with van der Waals surface area (Å²) < 4.78 is 28.7. The number of carbonyl (C=O) groups excluding carboxylic acids is 1. The van der Waals surface area contributed by atoms with Gasteiger partial charge < -0.3 is 5.32 Å². The number of amides is 1. The van der Waals surface area contributed by atoms with Gasteiger partial charge in [-0.1, -0.05) is 74.5 Å². The van der Waals surface area contributed by atoms with Crippen LogP contribution in [0.2, 0.25) is 0 Å². The van der Waals surface area contributed by atoms with Crippen LogP contribution in [0.25, 0.3) is 0 Å². The van der Waals surface area contributed by atoms with Gasteiger partial charge in [0, 0.05) is 31.9 Å². The number of rotatable bonds is 6. The molecule has 2 aliphatic rings. The second-order valence-corrected chi connectivity index (χ2v) is 11.6. The number of sulfonamides is 1. The molecule has 1 N–H and O–H groups in total. The average molecular weight is 490 g/mol. The van der Waals surface area contributed by atoms with Crippen LogP contribution in [-0.2, 0) is 14.8 Å². The molecular formula is C28H31N3O3S. The molecular weight excluding hydrogens is 458 g/mol. The van der Waals surface area contributed by atoms with Gasteiger partial charge in [0.25, 0.3) is 0 Å². The normalized spacial score (nSPS) is 19.2. The first-order valence-corrected chi connectivity index (χ1v) is 13.6. The minimum Gasteiger partial charge on any atom is -0.325 e. The molecule has 5 rings (SSSR count). The van der Waals surface area contributed by atoms with Gasteiger partial charge in [0.2, 0.25) is 15.9 Å². The first-order chi connectivity index (χ1) is 16.9. The molecule has 2 heterocycles. The molecule has 0 bridgehead atoms. The molecule has 1 atom stereocenters. The largest absolute Gasteiger partial charge is 0.325 e. The number of carbonyl (C=O) groups is 1. The molecule has 1 amide bonds. The molecule has 0 aliphatic carbocycles. The molecule has 6 nitrogen and oxygen atoms in total. The Labute approximate surface area is 207 Å². The summed E-state index contributed by atoms with van der Waals surface area (Å²) in [4.78, 5) is 15.0. The van der Waals surface area contributed by atoms with Crippen LogP contribution >= 0.6 is 0 Å². The molecule has 3 aromatic rings. The van der Waals surface area contributed by atoms with E-state index in [1.165, 1.54) is 11.1 Å². The highest BCUT2D eigenvalue weighted by Crippen LogP contribution is 2.39. The van der Waals surface area contributed by atoms with E-state index in [1.54, 1.807) is 22.5 Å². The van der Waals surface area contributed by atoms with Crippen LogP contribution in [0.1, 0.15) is 42.5 Å². The number of anilines is 1. The van der Waals surface area contributed by atoms with E-state index in [1.807, 2.05) is 50.2 Å². The highest BCUT2D eigenvalue weighted by molar-refractivity contribution is 7.89. The summed E-state index contributed by atoms with van der Waals surface area (Å²) >= 11 is 0. The topological polar surface area (TPSA) is 69.7 Å². The predicted molar refractivity (Wildman–Crippen MR) is 138 cm³/mol. The predicted octanol–water partition coefficient (Wildman–Crippen LogP) is 4.47. The lowest BCUT2D eigenvalue weighted by molar-refractivity contribution is -0.117. The van der Waals surface area contributed by atoms with Gasteiger partial charge in [0.15, 0.2) is 0 Å². The monoisotopic (exact) mass is 489 g/mol. The van der Waals surface area contributed by atoms with Gasteiger partial charge in [-0.05, 0) is 40.8 Å². The molecule has 0 spiro atoms. The van der Waals surface area contributed by atoms with Crippen LogP contribution in [0.3, 0.4) is 0 Å². The van der Waals surface area contributed by atoms with Gasteiger partial charge in [0.1, 0.15) is 0 Å². The van der Waals surface area contributed by atoms with Gasteiger partial charge in [-0.2, -0.15) is 4.31 Å². The molecule has 0 saturated carbocycles. The van der Waals surface area contributed by atoms with E-state index in [2.05, 4.69) is 34.5 Å². The Morgan fingerprint density at radius 1 is 0.829 bits per heavy atom. The maximum Gasteiger partial charge on any atom is 0.243 e. The van der Waals surface area contributed by atoms with Crippen molar-refractivity contribution in [1.29, 1.82) is 0 Å². The van der Waals surface area contributed by atoms with Crippen LogP contribution in [0.15, 0.2) is 83.8 Å². The van der Waals surface area contributed by atoms with E-state index in [9.17, 15) is 13.2 Å². The summed E-state index contributed by atoms with van der Waals surface area (Å²) in [5, 5.41) is 2.88. The summed E-state index contributed by atoms with van der Waals surface area (Å²) in [5.41, 5.74) is 3.89. The summed E-state index contributed by atoms with van der Waals surface area (Å²) in [6, 6.07) is 25.8. The zero-order valence-corrected chi connectivity index (χ0v) is 20.9. The zero-order chi connectivity index (χ0) is 24.6. The fourth-order valence-corrected chi connectivity index (χ4v) is 6.78. The molecule has 1 fully saturated rings. The van der Waals surface area contributed by atoms with Gasteiger partial charge in [-0.15, -0.1) is 0 Å². The summed E-state index contributed by atoms with van der Waals surface area (Å²) in [6.45, 7) is 6.06. The first-order valence-electron chi connectivity index (χ1n) is 12.1. The molecule has 2 aliphatic heterocycles. The van der Waals surface area contributed by atoms with E-state index in [0.717, 1.165) is 5.56 Å². The standard InChI is InChI=1S/C28H31N3O3S/c1-20(2)26-24-19-23(13-14-25(24)29-28(26)32)35(33,34)31-17-15-30(16-18-31)27(21-9-5-3-6-10-21)22-11-7-4-8-12-22/h3-14,19-20,26-27H,15-18H2,1-2H3,(H,29,32)/t26-/m0/s1. The fraction of sp³-hybridized carbons (Fsp3) is 0.321. The third kappa shape index (κ3) is 4.51. The number of nitrogens with one attached hydrogen (secondary N) is 1. The first kappa shape index (κ1) is 23.7. The van der Waals surface area contributed by atoms with Crippen molar-refractivity contribution in [3.63, 3.8) is 0 Å². The van der Waals surface area contributed by atoms with Crippen molar-refractivity contribution in [1.82, 2.24) is 9.21 Å². The Morgan fingerprint density at radius 2 is 1.40 bits per heavy atom. The van der Waals surface area contributed by atoms with Crippen molar-refractivity contribution in [2.75, 3.05) is 31.5 Å². The van der Waals surface area contributed by atoms with Crippen molar-refractivity contribution >= 4 is 21.6 Å². The van der Waals surface area contributed by atoms with Crippen LogP contribution in [-0.4, -0.2) is 49.7 Å². The van der Waals surface area contributed by atoms with Crippen LogP contribution in [0, 0.1) is 5.92 Å². The van der Waals surface area contributed by atoms with Gasteiger partial charge >= 0.3 is 0 Å². The number of benzene rings is 3. The smallest absolute Gasteiger partial charge is 0.243 e. The molecule has 0 radical (unpaired) electrons. The van der Waals surface area contributed by atoms with Crippen LogP contribution in [0.5, 0.6) is 0 Å². The number of hydrogen-bond donors (Lipinski definition) is 1. The van der Waals surface area contributed by atoms with E-state index in [-0.39, 0.29) is 28.7 Å². The molecule has 0 aromatic heterocycles. The Kier molecular flexibility index (Phi) is 6.49. The van der Waals surface area contributed by atoms with Gasteiger partial charge in [-0.3, -0.25) is 9.69 Å². The lowest BCUT2D eigenvalue weighted by Crippen LogP contribution is -2.49. The quantitative estimate of drug-likeness (QED) is 0.555. The second kappa shape index (κ2) is 9.57. The van der Waals surface area contributed by atoms with Crippen molar-refractivity contribution in [2.45, 2.75) is 30.7 Å². The number of hydrogen-bond acceptors (Lipinski definition) is 4. The van der Waals surface area contributed by atoms with Gasteiger partial charge in [0.05, 0.1) is 16.9 Å². The maximum absolute atomic E-state index is 13.6. The number of fused-ring (bicyclic) bond motifs is 1. The van der Waals surface area contributed by atoms with E-state index >= 15 is 0 Å². The lowest BCUT2D eigenvalue weighted by atomic mass is 9.90. The second-order valence-electron chi connectivity index (χ2n) is 9.62. The average Bonchev–Trinajstić information content (AvgIpc) is 3.21. The summed E-state index contributed by atoms with van der Waals surface area (Å²) in [7, 11) is -3.66. The number of nitrogens with zero attached hydrogens (tertiary/aromatic N) is 2. The molecule has 7 heteroatoms. The Morgan fingerprint density at radius 3 is 1.94 bits per heavy atom. The molecule has 35 heavy (non-hydrogen) atoms. The Bertz CT molecular complexity index is 1260. The van der Waals surface area contributed by atoms with Crippen LogP contribution < -0.4 is 5.32 Å². The zero-order valence-electron chi connectivity index (χ0n) is 20.1. The number of piperazine rings is 1. The van der Waals surface area contributed by atoms with Crippen molar-refractivity contribution in [3.8, 4) is 0 Å². The molecule has 182 valence electrons. The highest BCUT2D eigenvalue weighted by atomic mass is 32.2. The summed E-state index contributed by atoms with van der Waals surface area (Å²) in [6.07, 6.45) is 0. The molecule has 1 saturated heterocycles. The van der Waals surface area contributed by atoms with Crippen molar-refractivity contribution < 1.29 is 13.2 Å². The van der Waals surface area contributed by atoms with Crippen molar-refractivity contribution in [2.24, 2.45) is 5.92 Å². The third-order valence-corrected chi connectivity index (χ3v) is 8.97. The van der Waals surface area contributed by atoms with Gasteiger partial charge in [-0.25, -0.2) is 8.42 Å². The third-order valence-electron chi connectivity index (χ3n) is 7.07. The Balaban J connectivity index is 1.37. The molecule has 3 aromatic carbocycles. The van der Waals surface area contributed by atoms with E-state index < -0.39 is 10.0 Å². The minimum absolute atomic E-state index is 0.0639. The summed E-state index contributed by atoms with van der Waals surface area (Å²) in [5.74, 6) is -0.300.